The number of thiophene rings is 1. The SMILES string of the molecule is CCc1cc2c(NCc3cn(C)nc3C)nc(Cl)nc2s1. The third-order valence-corrected chi connectivity index (χ3v) is 4.67. The molecule has 0 fully saturated rings. The molecule has 3 aromatic rings. The molecule has 3 aromatic heterocycles. The first-order valence-corrected chi connectivity index (χ1v) is 7.95. The predicted octanol–water partition coefficient (Wildman–Crippen LogP) is 3.56. The van der Waals surface area contributed by atoms with Crippen molar-refractivity contribution in [2.24, 2.45) is 7.05 Å². The smallest absolute Gasteiger partial charge is 0.225 e. The summed E-state index contributed by atoms with van der Waals surface area (Å²) >= 11 is 7.68. The van der Waals surface area contributed by atoms with Crippen molar-refractivity contribution < 1.29 is 0 Å². The van der Waals surface area contributed by atoms with Gasteiger partial charge >= 0.3 is 0 Å². The van der Waals surface area contributed by atoms with E-state index in [-0.39, 0.29) is 5.28 Å². The van der Waals surface area contributed by atoms with Gasteiger partial charge in [-0.15, -0.1) is 11.3 Å². The van der Waals surface area contributed by atoms with Gasteiger partial charge in [0, 0.05) is 30.2 Å². The molecule has 0 saturated carbocycles. The predicted molar refractivity (Wildman–Crippen MR) is 87.1 cm³/mol. The Morgan fingerprint density at radius 3 is 2.86 bits per heavy atom. The third-order valence-electron chi connectivity index (χ3n) is 3.33. The van der Waals surface area contributed by atoms with Gasteiger partial charge in [-0.1, -0.05) is 6.92 Å². The molecule has 0 aliphatic carbocycles. The Morgan fingerprint density at radius 1 is 1.38 bits per heavy atom. The molecule has 0 radical (unpaired) electrons. The number of hydrogen-bond acceptors (Lipinski definition) is 5. The molecule has 0 spiro atoms. The van der Waals surface area contributed by atoms with Crippen LogP contribution in [0.2, 0.25) is 5.28 Å². The number of anilines is 1. The van der Waals surface area contributed by atoms with Gasteiger partial charge in [-0.2, -0.15) is 5.10 Å². The fourth-order valence-corrected chi connectivity index (χ4v) is 3.44. The van der Waals surface area contributed by atoms with Crippen LogP contribution in [0.5, 0.6) is 0 Å². The first kappa shape index (κ1) is 14.3. The number of aryl methyl sites for hydroxylation is 3. The maximum Gasteiger partial charge on any atom is 0.225 e. The maximum atomic E-state index is 6.02. The van der Waals surface area contributed by atoms with Crippen LogP contribution < -0.4 is 5.32 Å². The zero-order valence-electron chi connectivity index (χ0n) is 12.1. The summed E-state index contributed by atoms with van der Waals surface area (Å²) < 4.78 is 1.81. The van der Waals surface area contributed by atoms with Gasteiger partial charge in [0.05, 0.1) is 11.1 Å². The zero-order chi connectivity index (χ0) is 15.0. The van der Waals surface area contributed by atoms with Crippen LogP contribution in [-0.2, 0) is 20.0 Å². The molecule has 3 heterocycles. The molecule has 3 rings (SSSR count). The zero-order valence-corrected chi connectivity index (χ0v) is 13.7. The van der Waals surface area contributed by atoms with Gasteiger partial charge in [-0.05, 0) is 31.0 Å². The van der Waals surface area contributed by atoms with E-state index in [0.29, 0.717) is 6.54 Å². The number of rotatable bonds is 4. The van der Waals surface area contributed by atoms with Crippen molar-refractivity contribution in [3.63, 3.8) is 0 Å². The standard InChI is InChI=1S/C14H16ClN5S/c1-4-10-5-11-12(17-14(15)18-13(11)21-10)16-6-9-7-20(3)19-8(9)2/h5,7H,4,6H2,1-3H3,(H,16,17,18). The summed E-state index contributed by atoms with van der Waals surface area (Å²) in [6.45, 7) is 4.80. The van der Waals surface area contributed by atoms with Gasteiger partial charge in [0.1, 0.15) is 10.6 Å². The van der Waals surface area contributed by atoms with Crippen LogP contribution in [0.1, 0.15) is 23.1 Å². The lowest BCUT2D eigenvalue weighted by Gasteiger charge is -2.06. The Bertz CT molecular complexity index is 792. The molecule has 0 saturated heterocycles. The molecule has 7 heteroatoms. The lowest BCUT2D eigenvalue weighted by molar-refractivity contribution is 0.756. The van der Waals surface area contributed by atoms with Crippen molar-refractivity contribution in [1.29, 1.82) is 0 Å². The number of fused-ring (bicyclic) bond motifs is 1. The normalized spacial score (nSPS) is 11.2. The Balaban J connectivity index is 1.92. The van der Waals surface area contributed by atoms with Gasteiger partial charge in [-0.25, -0.2) is 9.97 Å². The van der Waals surface area contributed by atoms with E-state index in [1.165, 1.54) is 4.88 Å². The van der Waals surface area contributed by atoms with Gasteiger partial charge in [0.2, 0.25) is 5.28 Å². The number of hydrogen-bond donors (Lipinski definition) is 1. The molecular formula is C14H16ClN5S. The second kappa shape index (κ2) is 5.61. The van der Waals surface area contributed by atoms with Crippen LogP contribution in [-0.4, -0.2) is 19.7 Å². The highest BCUT2D eigenvalue weighted by Gasteiger charge is 2.11. The topological polar surface area (TPSA) is 55.6 Å². The molecule has 0 aromatic carbocycles. The van der Waals surface area contributed by atoms with Crippen molar-refractivity contribution >= 4 is 39.0 Å². The highest BCUT2D eigenvalue weighted by Crippen LogP contribution is 2.30. The van der Waals surface area contributed by atoms with E-state index in [1.807, 2.05) is 24.9 Å². The summed E-state index contributed by atoms with van der Waals surface area (Å²) in [5.41, 5.74) is 2.16. The van der Waals surface area contributed by atoms with E-state index in [1.54, 1.807) is 11.3 Å². The summed E-state index contributed by atoms with van der Waals surface area (Å²) in [5.74, 6) is 0.782. The van der Waals surface area contributed by atoms with Crippen LogP contribution in [0.25, 0.3) is 10.2 Å². The second-order valence-electron chi connectivity index (χ2n) is 4.89. The Labute approximate surface area is 132 Å². The van der Waals surface area contributed by atoms with Gasteiger partial charge < -0.3 is 5.32 Å². The minimum atomic E-state index is 0.275. The molecule has 5 nitrogen and oxygen atoms in total. The third kappa shape index (κ3) is 2.87. The number of nitrogens with zero attached hydrogens (tertiary/aromatic N) is 4. The molecule has 0 bridgehead atoms. The van der Waals surface area contributed by atoms with E-state index < -0.39 is 0 Å². The Morgan fingerprint density at radius 2 is 2.19 bits per heavy atom. The Kier molecular flexibility index (Phi) is 3.82. The molecule has 21 heavy (non-hydrogen) atoms. The van der Waals surface area contributed by atoms with E-state index in [2.05, 4.69) is 33.4 Å². The van der Waals surface area contributed by atoms with E-state index in [9.17, 15) is 0 Å². The van der Waals surface area contributed by atoms with E-state index >= 15 is 0 Å². The molecule has 0 unspecified atom stereocenters. The van der Waals surface area contributed by atoms with Gasteiger partial charge in [0.15, 0.2) is 0 Å². The van der Waals surface area contributed by atoms with Crippen molar-refractivity contribution in [3.8, 4) is 0 Å². The maximum absolute atomic E-state index is 6.02. The Hall–Kier alpha value is -1.66. The summed E-state index contributed by atoms with van der Waals surface area (Å²) in [6.07, 6.45) is 2.99. The van der Waals surface area contributed by atoms with Crippen LogP contribution in [0, 0.1) is 6.92 Å². The van der Waals surface area contributed by atoms with Crippen LogP contribution in [0.15, 0.2) is 12.3 Å². The number of aromatic nitrogens is 4. The molecule has 110 valence electrons. The lowest BCUT2D eigenvalue weighted by Crippen LogP contribution is -2.03. The lowest BCUT2D eigenvalue weighted by atomic mass is 10.2. The first-order valence-electron chi connectivity index (χ1n) is 6.75. The first-order chi connectivity index (χ1) is 10.1. The molecule has 0 atom stereocenters. The number of nitrogens with one attached hydrogen (secondary N) is 1. The molecular weight excluding hydrogens is 306 g/mol. The quantitative estimate of drug-likeness (QED) is 0.746. The second-order valence-corrected chi connectivity index (χ2v) is 6.35. The highest BCUT2D eigenvalue weighted by atomic mass is 35.5. The largest absolute Gasteiger partial charge is 0.365 e. The monoisotopic (exact) mass is 321 g/mol. The molecule has 0 amide bonds. The summed E-state index contributed by atoms with van der Waals surface area (Å²) in [7, 11) is 1.92. The van der Waals surface area contributed by atoms with Crippen LogP contribution in [0.3, 0.4) is 0 Å². The molecule has 0 aliphatic rings. The summed E-state index contributed by atoms with van der Waals surface area (Å²) in [4.78, 5) is 10.8. The van der Waals surface area contributed by atoms with Gasteiger partial charge in [0.25, 0.3) is 0 Å². The number of halogens is 1. The average Bonchev–Trinajstić information content (AvgIpc) is 2.98. The van der Waals surface area contributed by atoms with E-state index in [0.717, 1.165) is 33.7 Å². The van der Waals surface area contributed by atoms with Crippen molar-refractivity contribution in [2.45, 2.75) is 26.8 Å². The van der Waals surface area contributed by atoms with Crippen molar-refractivity contribution in [3.05, 3.63) is 33.7 Å². The fraction of sp³-hybridized carbons (Fsp3) is 0.357. The minimum absolute atomic E-state index is 0.275. The van der Waals surface area contributed by atoms with Gasteiger partial charge in [-0.3, -0.25) is 4.68 Å². The minimum Gasteiger partial charge on any atom is -0.365 e. The van der Waals surface area contributed by atoms with Crippen molar-refractivity contribution in [2.75, 3.05) is 5.32 Å². The fourth-order valence-electron chi connectivity index (χ4n) is 2.26. The van der Waals surface area contributed by atoms with Crippen LogP contribution in [0.4, 0.5) is 5.82 Å². The average molecular weight is 322 g/mol. The van der Waals surface area contributed by atoms with Crippen molar-refractivity contribution in [1.82, 2.24) is 19.7 Å². The van der Waals surface area contributed by atoms with E-state index in [4.69, 9.17) is 11.6 Å². The molecule has 1 N–H and O–H groups in total. The van der Waals surface area contributed by atoms with Crippen LogP contribution >= 0.6 is 22.9 Å². The summed E-state index contributed by atoms with van der Waals surface area (Å²) in [6, 6.07) is 2.13. The highest BCUT2D eigenvalue weighted by molar-refractivity contribution is 7.18. The molecule has 0 aliphatic heterocycles. The summed E-state index contributed by atoms with van der Waals surface area (Å²) in [5, 5.41) is 9.00.